The first-order valence-electron chi connectivity index (χ1n) is 8.83. The summed E-state index contributed by atoms with van der Waals surface area (Å²) in [5, 5.41) is 8.22. The van der Waals surface area contributed by atoms with Gasteiger partial charge in [-0.3, -0.25) is 4.98 Å². The number of nitrogens with one attached hydrogen (secondary N) is 2. The van der Waals surface area contributed by atoms with Crippen molar-refractivity contribution in [1.82, 2.24) is 15.0 Å². The Labute approximate surface area is 167 Å². The van der Waals surface area contributed by atoms with Crippen LogP contribution in [0.1, 0.15) is 11.3 Å². The van der Waals surface area contributed by atoms with Crippen molar-refractivity contribution in [1.29, 1.82) is 0 Å². The average molecular weight is 391 g/mol. The molecular weight excluding hydrogens is 372 g/mol. The zero-order valence-corrected chi connectivity index (χ0v) is 16.0. The Morgan fingerprint density at radius 3 is 2.64 bits per heavy atom. The molecule has 2 heterocycles. The first kappa shape index (κ1) is 18.0. The zero-order chi connectivity index (χ0) is 19.5. The molecule has 0 radical (unpaired) electrons. The van der Waals surface area contributed by atoms with Crippen molar-refractivity contribution in [3.05, 3.63) is 77.2 Å². The maximum Gasteiger partial charge on any atom is 0.159 e. The fourth-order valence-electron chi connectivity index (χ4n) is 2.95. The molecule has 0 unspecified atom stereocenters. The quantitative estimate of drug-likeness (QED) is 0.448. The van der Waals surface area contributed by atoms with Crippen molar-refractivity contribution in [2.75, 3.05) is 16.4 Å². The number of benzene rings is 2. The lowest BCUT2D eigenvalue weighted by atomic mass is 10.1. The van der Waals surface area contributed by atoms with Crippen molar-refractivity contribution < 1.29 is 0 Å². The molecule has 0 fully saturated rings. The third-order valence-corrected chi connectivity index (χ3v) is 4.78. The van der Waals surface area contributed by atoms with Crippen LogP contribution in [-0.2, 0) is 6.54 Å². The number of nitrogen functional groups attached to an aromatic ring is 1. The fraction of sp³-hybridized carbons (Fsp3) is 0.0952. The van der Waals surface area contributed by atoms with Gasteiger partial charge >= 0.3 is 0 Å². The minimum Gasteiger partial charge on any atom is -0.393 e. The van der Waals surface area contributed by atoms with Crippen molar-refractivity contribution in [3.63, 3.8) is 0 Å². The first-order chi connectivity index (χ1) is 13.6. The average Bonchev–Trinajstić information content (AvgIpc) is 2.69. The topological polar surface area (TPSA) is 88.8 Å². The van der Waals surface area contributed by atoms with Gasteiger partial charge in [0.2, 0.25) is 0 Å². The molecule has 140 valence electrons. The van der Waals surface area contributed by atoms with Crippen molar-refractivity contribution >= 4 is 45.5 Å². The molecule has 6 nitrogen and oxygen atoms in total. The van der Waals surface area contributed by atoms with Crippen LogP contribution < -0.4 is 16.4 Å². The summed E-state index contributed by atoms with van der Waals surface area (Å²) in [6.45, 7) is 2.48. The summed E-state index contributed by atoms with van der Waals surface area (Å²) in [4.78, 5) is 13.1. The van der Waals surface area contributed by atoms with E-state index >= 15 is 0 Å². The van der Waals surface area contributed by atoms with Crippen LogP contribution >= 0.6 is 11.6 Å². The molecule has 0 aliphatic carbocycles. The number of nitrogens with two attached hydrogens (primary N) is 1. The summed E-state index contributed by atoms with van der Waals surface area (Å²) in [7, 11) is 0. The van der Waals surface area contributed by atoms with E-state index in [0.29, 0.717) is 28.9 Å². The lowest BCUT2D eigenvalue weighted by Crippen LogP contribution is -2.08. The molecule has 4 aromatic rings. The molecule has 0 spiro atoms. The van der Waals surface area contributed by atoms with E-state index in [2.05, 4.69) is 25.6 Å². The molecule has 7 heteroatoms. The maximum atomic E-state index is 6.30. The Morgan fingerprint density at radius 1 is 0.964 bits per heavy atom. The molecule has 0 amide bonds. The van der Waals surface area contributed by atoms with Gasteiger partial charge in [-0.1, -0.05) is 35.9 Å². The van der Waals surface area contributed by atoms with E-state index < -0.39 is 0 Å². The highest BCUT2D eigenvalue weighted by molar-refractivity contribution is 6.31. The van der Waals surface area contributed by atoms with Crippen LogP contribution in [0.2, 0.25) is 5.02 Å². The van der Waals surface area contributed by atoms with E-state index in [1.807, 2.05) is 61.5 Å². The highest BCUT2D eigenvalue weighted by Crippen LogP contribution is 2.30. The number of hydrogen-bond acceptors (Lipinski definition) is 6. The van der Waals surface area contributed by atoms with Crippen LogP contribution in [-0.4, -0.2) is 15.0 Å². The number of rotatable bonds is 5. The molecule has 0 aliphatic heterocycles. The smallest absolute Gasteiger partial charge is 0.159 e. The van der Waals surface area contributed by atoms with Gasteiger partial charge in [-0.2, -0.15) is 0 Å². The molecular formula is C21H19ClN6. The van der Waals surface area contributed by atoms with E-state index in [-0.39, 0.29) is 0 Å². The molecule has 4 N–H and O–H groups in total. The monoisotopic (exact) mass is 390 g/mol. The number of nitrogens with zero attached hydrogens (tertiary/aromatic N) is 3. The van der Waals surface area contributed by atoms with Crippen molar-refractivity contribution in [2.45, 2.75) is 13.5 Å². The Kier molecular flexibility index (Phi) is 4.95. The summed E-state index contributed by atoms with van der Waals surface area (Å²) in [5.74, 6) is 1.08. The number of halogens is 1. The fourth-order valence-corrected chi connectivity index (χ4v) is 3.15. The van der Waals surface area contributed by atoms with Gasteiger partial charge in [0.25, 0.3) is 0 Å². The number of fused-ring (bicyclic) bond motifs is 1. The summed E-state index contributed by atoms with van der Waals surface area (Å²) in [6.07, 6.45) is 1.47. The summed E-state index contributed by atoms with van der Waals surface area (Å²) < 4.78 is 0. The Hall–Kier alpha value is -3.38. The number of aromatic nitrogens is 3. The molecule has 28 heavy (non-hydrogen) atoms. The van der Waals surface area contributed by atoms with E-state index in [1.54, 1.807) is 0 Å². The highest BCUT2D eigenvalue weighted by Gasteiger charge is 2.11. The molecule has 0 saturated carbocycles. The molecule has 2 aromatic carbocycles. The number of anilines is 4. The summed E-state index contributed by atoms with van der Waals surface area (Å²) in [5.41, 5.74) is 10.5. The predicted octanol–water partition coefficient (Wildman–Crippen LogP) is 4.92. The van der Waals surface area contributed by atoms with E-state index in [1.165, 1.54) is 6.33 Å². The number of aryl methyl sites for hydroxylation is 1. The van der Waals surface area contributed by atoms with Crippen LogP contribution in [0.3, 0.4) is 0 Å². The normalized spacial score (nSPS) is 10.8. The van der Waals surface area contributed by atoms with Crippen molar-refractivity contribution in [2.24, 2.45) is 0 Å². The van der Waals surface area contributed by atoms with Gasteiger partial charge in [0, 0.05) is 28.3 Å². The minimum absolute atomic E-state index is 0.437. The number of hydrogen-bond donors (Lipinski definition) is 3. The second kappa shape index (κ2) is 7.70. The van der Waals surface area contributed by atoms with Crippen molar-refractivity contribution in [3.8, 4) is 0 Å². The van der Waals surface area contributed by atoms with Crippen LogP contribution in [0.4, 0.5) is 23.0 Å². The Balaban J connectivity index is 1.60. The predicted molar refractivity (Wildman–Crippen MR) is 115 cm³/mol. The highest BCUT2D eigenvalue weighted by atomic mass is 35.5. The van der Waals surface area contributed by atoms with E-state index in [4.69, 9.17) is 17.3 Å². The van der Waals surface area contributed by atoms with Gasteiger partial charge < -0.3 is 16.4 Å². The largest absolute Gasteiger partial charge is 0.393 e. The van der Waals surface area contributed by atoms with Gasteiger partial charge in [-0.05, 0) is 42.8 Å². The van der Waals surface area contributed by atoms with E-state index in [9.17, 15) is 0 Å². The maximum absolute atomic E-state index is 6.30. The van der Waals surface area contributed by atoms with Crippen LogP contribution in [0.15, 0.2) is 60.9 Å². The van der Waals surface area contributed by atoms with Gasteiger partial charge in [-0.15, -0.1) is 0 Å². The van der Waals surface area contributed by atoms with Crippen LogP contribution in [0.5, 0.6) is 0 Å². The summed E-state index contributed by atoms with van der Waals surface area (Å²) >= 11 is 6.21. The van der Waals surface area contributed by atoms with Crippen LogP contribution in [0, 0.1) is 6.92 Å². The SMILES string of the molecule is Cc1ccc2c(Nc3ncnc(NCc4ccccc4Cl)c3N)cccc2n1. The van der Waals surface area contributed by atoms with Gasteiger partial charge in [0.05, 0.1) is 5.52 Å². The number of pyridine rings is 1. The van der Waals surface area contributed by atoms with Gasteiger partial charge in [0.1, 0.15) is 12.0 Å². The third kappa shape index (κ3) is 3.68. The van der Waals surface area contributed by atoms with Crippen LogP contribution in [0.25, 0.3) is 10.9 Å². The van der Waals surface area contributed by atoms with E-state index in [0.717, 1.165) is 27.8 Å². The standard InChI is InChI=1S/C21H19ClN6/c1-13-9-10-15-17(27-13)7-4-8-18(15)28-21-19(23)20(25-12-26-21)24-11-14-5-2-3-6-16(14)22/h2-10,12H,11,23H2,1H3,(H2,24,25,26,28). The third-order valence-electron chi connectivity index (χ3n) is 4.41. The van der Waals surface area contributed by atoms with Gasteiger partial charge in [-0.25, -0.2) is 9.97 Å². The lowest BCUT2D eigenvalue weighted by molar-refractivity contribution is 1.09. The Bertz CT molecular complexity index is 1140. The Morgan fingerprint density at radius 2 is 1.79 bits per heavy atom. The molecule has 2 aromatic heterocycles. The molecule has 0 atom stereocenters. The lowest BCUT2D eigenvalue weighted by Gasteiger charge is -2.14. The molecule has 4 rings (SSSR count). The minimum atomic E-state index is 0.437. The second-order valence-corrected chi connectivity index (χ2v) is 6.79. The second-order valence-electron chi connectivity index (χ2n) is 6.38. The molecule has 0 bridgehead atoms. The summed E-state index contributed by atoms with van der Waals surface area (Å²) in [6, 6.07) is 17.6. The van der Waals surface area contributed by atoms with Gasteiger partial charge in [0.15, 0.2) is 11.6 Å². The molecule has 0 aliphatic rings. The zero-order valence-electron chi connectivity index (χ0n) is 15.3. The first-order valence-corrected chi connectivity index (χ1v) is 9.21. The molecule has 0 saturated heterocycles.